The highest BCUT2D eigenvalue weighted by Crippen LogP contribution is 2.15. The molecule has 2 amide bonds. The van der Waals surface area contributed by atoms with E-state index in [1.807, 2.05) is 24.3 Å². The number of ether oxygens (including phenoxy) is 1. The van der Waals surface area contributed by atoms with Gasteiger partial charge in [0.1, 0.15) is 5.75 Å². The molecule has 0 unspecified atom stereocenters. The molecule has 0 aromatic heterocycles. The molecule has 0 saturated carbocycles. The van der Waals surface area contributed by atoms with E-state index in [-0.39, 0.29) is 6.03 Å². The third-order valence-corrected chi connectivity index (χ3v) is 2.61. The zero-order valence-electron chi connectivity index (χ0n) is 9.35. The van der Waals surface area contributed by atoms with Gasteiger partial charge in [0, 0.05) is 19.6 Å². The summed E-state index contributed by atoms with van der Waals surface area (Å²) in [6.07, 6.45) is 0.954. The lowest BCUT2D eigenvalue weighted by Gasteiger charge is -2.25. The quantitative estimate of drug-likeness (QED) is 0.775. The molecule has 0 spiro atoms. The van der Waals surface area contributed by atoms with Crippen LogP contribution >= 0.6 is 0 Å². The number of benzene rings is 1. The Bertz CT molecular complexity index is 379. The molecule has 0 N–H and O–H groups in total. The molecule has 1 aromatic carbocycles. The van der Waals surface area contributed by atoms with E-state index in [1.165, 1.54) is 0 Å². The Kier molecular flexibility index (Phi) is 3.29. The van der Waals surface area contributed by atoms with Gasteiger partial charge in [-0.3, -0.25) is 0 Å². The number of carbonyl (C=O) groups excluding carboxylic acids is 1. The van der Waals surface area contributed by atoms with Crippen LogP contribution in [0.25, 0.3) is 0 Å². The zero-order valence-corrected chi connectivity index (χ0v) is 9.35. The normalized spacial score (nSPS) is 15.8. The molecule has 1 aliphatic heterocycles. The lowest BCUT2D eigenvalue weighted by molar-refractivity contribution is 0.182. The monoisotopic (exact) mass is 219 g/mol. The standard InChI is InChI=1S/C12H15N2O2/c1-16-11-5-2-4-10(8-11)9-14-7-3-6-13-12(14)15/h2,4-5,8H,3,6-7,9H2,1H3. The molecule has 1 fully saturated rings. The summed E-state index contributed by atoms with van der Waals surface area (Å²) in [5.41, 5.74) is 1.07. The molecule has 1 aliphatic rings. The lowest BCUT2D eigenvalue weighted by Crippen LogP contribution is -2.41. The van der Waals surface area contributed by atoms with Crippen molar-refractivity contribution in [1.82, 2.24) is 10.2 Å². The van der Waals surface area contributed by atoms with Gasteiger partial charge in [0.2, 0.25) is 0 Å². The van der Waals surface area contributed by atoms with Crippen molar-refractivity contribution < 1.29 is 9.53 Å². The summed E-state index contributed by atoms with van der Waals surface area (Å²) in [6.45, 7) is 2.06. The van der Waals surface area contributed by atoms with E-state index < -0.39 is 0 Å². The molecule has 1 radical (unpaired) electrons. The molecule has 0 bridgehead atoms. The van der Waals surface area contributed by atoms with Gasteiger partial charge in [-0.1, -0.05) is 12.1 Å². The van der Waals surface area contributed by atoms with Crippen LogP contribution < -0.4 is 10.1 Å². The molecular weight excluding hydrogens is 204 g/mol. The average Bonchev–Trinajstić information content (AvgIpc) is 2.32. The minimum Gasteiger partial charge on any atom is -0.497 e. The Morgan fingerprint density at radius 3 is 3.12 bits per heavy atom. The van der Waals surface area contributed by atoms with Crippen LogP contribution in [0.1, 0.15) is 12.0 Å². The molecule has 16 heavy (non-hydrogen) atoms. The van der Waals surface area contributed by atoms with E-state index in [0.29, 0.717) is 13.1 Å². The van der Waals surface area contributed by atoms with Gasteiger partial charge in [0.05, 0.1) is 7.11 Å². The maximum atomic E-state index is 11.5. The largest absolute Gasteiger partial charge is 0.497 e. The number of hydrogen-bond acceptors (Lipinski definition) is 2. The summed E-state index contributed by atoms with van der Waals surface area (Å²) in [4.78, 5) is 13.2. The fourth-order valence-corrected chi connectivity index (χ4v) is 1.77. The van der Waals surface area contributed by atoms with E-state index in [4.69, 9.17) is 4.74 Å². The first-order chi connectivity index (χ1) is 7.79. The highest BCUT2D eigenvalue weighted by atomic mass is 16.5. The van der Waals surface area contributed by atoms with Crippen molar-refractivity contribution in [1.29, 1.82) is 0 Å². The molecule has 1 saturated heterocycles. The molecule has 0 aliphatic carbocycles. The van der Waals surface area contributed by atoms with Crippen LogP contribution in [0.2, 0.25) is 0 Å². The van der Waals surface area contributed by atoms with E-state index in [9.17, 15) is 4.79 Å². The maximum absolute atomic E-state index is 11.5. The zero-order chi connectivity index (χ0) is 11.4. The number of carbonyl (C=O) groups is 1. The highest BCUT2D eigenvalue weighted by Gasteiger charge is 2.18. The van der Waals surface area contributed by atoms with Crippen LogP contribution in [-0.4, -0.2) is 31.1 Å². The Morgan fingerprint density at radius 2 is 2.38 bits per heavy atom. The molecule has 1 heterocycles. The molecule has 4 nitrogen and oxygen atoms in total. The van der Waals surface area contributed by atoms with Gasteiger partial charge in [-0.2, -0.15) is 0 Å². The van der Waals surface area contributed by atoms with Crippen molar-refractivity contribution in [2.45, 2.75) is 13.0 Å². The predicted molar refractivity (Wildman–Crippen MR) is 60.4 cm³/mol. The van der Waals surface area contributed by atoms with Crippen LogP contribution in [0, 0.1) is 0 Å². The SMILES string of the molecule is COc1cccc(CN2CCC[N]C2=O)c1. The van der Waals surface area contributed by atoms with Crippen LogP contribution in [-0.2, 0) is 6.54 Å². The Labute approximate surface area is 95.2 Å². The number of hydrogen-bond donors (Lipinski definition) is 0. The molecule has 85 valence electrons. The number of methoxy groups -OCH3 is 1. The topological polar surface area (TPSA) is 43.6 Å². The van der Waals surface area contributed by atoms with Gasteiger partial charge in [0.25, 0.3) is 0 Å². The fourth-order valence-electron chi connectivity index (χ4n) is 1.77. The molecule has 0 atom stereocenters. The molecule has 2 rings (SSSR count). The smallest absolute Gasteiger partial charge is 0.339 e. The first-order valence-electron chi connectivity index (χ1n) is 5.39. The van der Waals surface area contributed by atoms with Crippen molar-refractivity contribution in [2.75, 3.05) is 20.2 Å². The Balaban J connectivity index is 2.04. The van der Waals surface area contributed by atoms with Crippen LogP contribution in [0.4, 0.5) is 4.79 Å². The van der Waals surface area contributed by atoms with Gasteiger partial charge < -0.3 is 9.64 Å². The van der Waals surface area contributed by atoms with Crippen LogP contribution in [0.3, 0.4) is 0 Å². The summed E-state index contributed by atoms with van der Waals surface area (Å²) < 4.78 is 5.14. The van der Waals surface area contributed by atoms with Crippen molar-refractivity contribution in [3.8, 4) is 5.75 Å². The minimum absolute atomic E-state index is 0.103. The van der Waals surface area contributed by atoms with E-state index in [1.54, 1.807) is 12.0 Å². The van der Waals surface area contributed by atoms with Gasteiger partial charge in [-0.25, -0.2) is 10.1 Å². The van der Waals surface area contributed by atoms with Gasteiger partial charge >= 0.3 is 6.03 Å². The fraction of sp³-hybridized carbons (Fsp3) is 0.417. The van der Waals surface area contributed by atoms with E-state index in [2.05, 4.69) is 5.32 Å². The first kappa shape index (κ1) is 10.8. The second kappa shape index (κ2) is 4.88. The van der Waals surface area contributed by atoms with Gasteiger partial charge in [0.15, 0.2) is 0 Å². The van der Waals surface area contributed by atoms with Crippen molar-refractivity contribution in [3.63, 3.8) is 0 Å². The summed E-state index contributed by atoms with van der Waals surface area (Å²) in [5.74, 6) is 0.818. The molecule has 1 aromatic rings. The minimum atomic E-state index is -0.103. The number of amides is 2. The third kappa shape index (κ3) is 2.45. The van der Waals surface area contributed by atoms with Crippen molar-refractivity contribution in [3.05, 3.63) is 29.8 Å². The Hall–Kier alpha value is -1.71. The third-order valence-electron chi connectivity index (χ3n) is 2.61. The second-order valence-corrected chi connectivity index (χ2v) is 3.79. The second-order valence-electron chi connectivity index (χ2n) is 3.79. The highest BCUT2D eigenvalue weighted by molar-refractivity contribution is 5.74. The number of urea groups is 1. The lowest BCUT2D eigenvalue weighted by atomic mass is 10.2. The number of rotatable bonds is 3. The number of nitrogens with zero attached hydrogens (tertiary/aromatic N) is 2. The van der Waals surface area contributed by atoms with Gasteiger partial charge in [-0.15, -0.1) is 0 Å². The first-order valence-corrected chi connectivity index (χ1v) is 5.39. The predicted octanol–water partition coefficient (Wildman–Crippen LogP) is 1.63. The average molecular weight is 219 g/mol. The molecular formula is C12H15N2O2. The van der Waals surface area contributed by atoms with Crippen LogP contribution in [0.15, 0.2) is 24.3 Å². The molecule has 4 heteroatoms. The Morgan fingerprint density at radius 1 is 1.50 bits per heavy atom. The van der Waals surface area contributed by atoms with Crippen molar-refractivity contribution >= 4 is 6.03 Å². The maximum Gasteiger partial charge on any atom is 0.339 e. The summed E-state index contributed by atoms with van der Waals surface area (Å²) in [7, 11) is 1.64. The van der Waals surface area contributed by atoms with Gasteiger partial charge in [-0.05, 0) is 24.1 Å². The van der Waals surface area contributed by atoms with Crippen LogP contribution in [0.5, 0.6) is 5.75 Å². The summed E-state index contributed by atoms with van der Waals surface area (Å²) in [6, 6.07) is 7.66. The van der Waals surface area contributed by atoms with E-state index in [0.717, 1.165) is 24.3 Å². The van der Waals surface area contributed by atoms with Crippen molar-refractivity contribution in [2.24, 2.45) is 0 Å². The summed E-state index contributed by atoms with van der Waals surface area (Å²) >= 11 is 0. The van der Waals surface area contributed by atoms with E-state index >= 15 is 0 Å². The summed E-state index contributed by atoms with van der Waals surface area (Å²) in [5, 5.41) is 3.91.